The molecule has 0 amide bonds. The summed E-state index contributed by atoms with van der Waals surface area (Å²) in [6.45, 7) is 1.44. The second-order valence-corrected chi connectivity index (χ2v) is 8.72. The molecule has 0 saturated heterocycles. The van der Waals surface area contributed by atoms with Gasteiger partial charge >= 0.3 is 0 Å². The molecule has 1 aromatic carbocycles. The highest BCUT2D eigenvalue weighted by Gasteiger charge is 2.21. The van der Waals surface area contributed by atoms with Crippen LogP contribution in [0.15, 0.2) is 52.1 Å². The Hall–Kier alpha value is -3.80. The number of halogens is 2. The van der Waals surface area contributed by atoms with Gasteiger partial charge in [-0.1, -0.05) is 0 Å². The van der Waals surface area contributed by atoms with Crippen molar-refractivity contribution in [2.75, 3.05) is 10.5 Å². The lowest BCUT2D eigenvalue weighted by molar-refractivity contribution is 0.436. The van der Waals surface area contributed by atoms with Crippen LogP contribution in [0.2, 0.25) is 0 Å². The smallest absolute Gasteiger partial charge is 0.293 e. The van der Waals surface area contributed by atoms with Crippen LogP contribution in [0.4, 0.5) is 14.7 Å². The number of nitrogens with one attached hydrogen (secondary N) is 1. The Labute approximate surface area is 180 Å². The zero-order valence-electron chi connectivity index (χ0n) is 16.8. The zero-order chi connectivity index (χ0) is 23.0. The maximum atomic E-state index is 14.2. The van der Waals surface area contributed by atoms with E-state index in [1.165, 1.54) is 37.1 Å². The quantitative estimate of drug-likeness (QED) is 0.467. The molecule has 0 saturated carbocycles. The first-order chi connectivity index (χ1) is 15.2. The number of anilines is 1. The molecule has 3 heterocycles. The van der Waals surface area contributed by atoms with Gasteiger partial charge in [-0.05, 0) is 25.1 Å². The fraction of sp³-hybridized carbons (Fsp3) is 0.150. The molecule has 0 aliphatic carbocycles. The van der Waals surface area contributed by atoms with E-state index in [2.05, 4.69) is 14.7 Å². The molecular formula is C20H16F2N4O5S. The fourth-order valence-corrected chi connectivity index (χ4v) is 3.45. The van der Waals surface area contributed by atoms with Gasteiger partial charge in [0.05, 0.1) is 18.2 Å². The number of furan rings is 1. The highest BCUT2D eigenvalue weighted by atomic mass is 32.2. The third-order valence-corrected chi connectivity index (χ3v) is 5.80. The molecule has 0 spiro atoms. The summed E-state index contributed by atoms with van der Waals surface area (Å²) in [5.41, 5.74) is 0.0345. The van der Waals surface area contributed by atoms with Crippen molar-refractivity contribution in [3.63, 3.8) is 0 Å². The summed E-state index contributed by atoms with van der Waals surface area (Å²) in [5.74, 6) is -2.56. The van der Waals surface area contributed by atoms with Gasteiger partial charge in [0, 0.05) is 30.3 Å². The fourth-order valence-electron chi connectivity index (χ4n) is 2.93. The Bertz CT molecular complexity index is 1500. The van der Waals surface area contributed by atoms with E-state index in [-0.39, 0.29) is 34.5 Å². The van der Waals surface area contributed by atoms with Crippen LogP contribution in [-0.2, 0) is 17.1 Å². The van der Waals surface area contributed by atoms with Gasteiger partial charge < -0.3 is 13.7 Å². The number of nitrogens with zero attached hydrogens (tertiary/aromatic N) is 3. The number of benzene rings is 1. The normalized spacial score (nSPS) is 11.6. The lowest BCUT2D eigenvalue weighted by atomic mass is 10.1. The molecule has 3 aromatic heterocycles. The van der Waals surface area contributed by atoms with Crippen LogP contribution in [0.3, 0.4) is 0 Å². The molecule has 4 aromatic rings. The van der Waals surface area contributed by atoms with Crippen LogP contribution in [0, 0.1) is 11.6 Å². The number of pyridine rings is 1. The topological polar surface area (TPSA) is 116 Å². The summed E-state index contributed by atoms with van der Waals surface area (Å²) >= 11 is 0. The minimum atomic E-state index is -3.69. The van der Waals surface area contributed by atoms with Gasteiger partial charge in [-0.25, -0.2) is 27.2 Å². The second kappa shape index (κ2) is 8.04. The summed E-state index contributed by atoms with van der Waals surface area (Å²) in [6.07, 6.45) is 3.92. The molecule has 0 unspecified atom stereocenters. The molecule has 12 heteroatoms. The predicted molar refractivity (Wildman–Crippen MR) is 112 cm³/mol. The number of ether oxygens (including phenoxy) is 1. The SMILES string of the molecule is CCS(=O)(=O)Nc1ncc(Oc2ccc(F)cc2F)c(-c2cn(C)c(=O)c3occc23)n1. The lowest BCUT2D eigenvalue weighted by Gasteiger charge is -2.14. The van der Waals surface area contributed by atoms with Gasteiger partial charge in [0.25, 0.3) is 5.56 Å². The molecule has 0 bridgehead atoms. The Morgan fingerprint density at radius 2 is 2.00 bits per heavy atom. The molecule has 4 rings (SSSR count). The Balaban J connectivity index is 1.93. The van der Waals surface area contributed by atoms with Gasteiger partial charge in [0.15, 0.2) is 22.9 Å². The number of sulfonamides is 1. The highest BCUT2D eigenvalue weighted by Crippen LogP contribution is 2.36. The van der Waals surface area contributed by atoms with Gasteiger partial charge in [0.1, 0.15) is 11.5 Å². The Kier molecular flexibility index (Phi) is 5.38. The maximum absolute atomic E-state index is 14.2. The highest BCUT2D eigenvalue weighted by molar-refractivity contribution is 7.92. The first-order valence-electron chi connectivity index (χ1n) is 9.26. The van der Waals surface area contributed by atoms with E-state index in [0.717, 1.165) is 18.3 Å². The second-order valence-electron chi connectivity index (χ2n) is 6.71. The molecule has 0 aliphatic heterocycles. The number of hydrogen-bond donors (Lipinski definition) is 1. The van der Waals surface area contributed by atoms with Crippen molar-refractivity contribution in [1.29, 1.82) is 0 Å². The predicted octanol–water partition coefficient (Wildman–Crippen LogP) is 3.42. The molecule has 9 nitrogen and oxygen atoms in total. The largest absolute Gasteiger partial charge is 0.458 e. The third-order valence-electron chi connectivity index (χ3n) is 4.54. The van der Waals surface area contributed by atoms with Crippen LogP contribution in [0.5, 0.6) is 11.5 Å². The number of aromatic nitrogens is 3. The van der Waals surface area contributed by atoms with Crippen LogP contribution in [-0.4, -0.2) is 28.7 Å². The monoisotopic (exact) mass is 462 g/mol. The van der Waals surface area contributed by atoms with E-state index in [1.807, 2.05) is 0 Å². The van der Waals surface area contributed by atoms with Crippen molar-refractivity contribution >= 4 is 26.9 Å². The zero-order valence-corrected chi connectivity index (χ0v) is 17.6. The van der Waals surface area contributed by atoms with Crippen LogP contribution in [0.1, 0.15) is 6.92 Å². The van der Waals surface area contributed by atoms with Crippen molar-refractivity contribution in [2.45, 2.75) is 6.92 Å². The van der Waals surface area contributed by atoms with Crippen LogP contribution < -0.4 is 15.0 Å². The average Bonchev–Trinajstić information content (AvgIpc) is 3.24. The van der Waals surface area contributed by atoms with Crippen molar-refractivity contribution in [1.82, 2.24) is 14.5 Å². The molecule has 1 N–H and O–H groups in total. The maximum Gasteiger partial charge on any atom is 0.293 e. The van der Waals surface area contributed by atoms with Crippen LogP contribution in [0.25, 0.3) is 22.2 Å². The van der Waals surface area contributed by atoms with Gasteiger partial charge in [-0.2, -0.15) is 0 Å². The summed E-state index contributed by atoms with van der Waals surface area (Å²) < 4.78 is 65.8. The molecule has 166 valence electrons. The first-order valence-corrected chi connectivity index (χ1v) is 10.9. The van der Waals surface area contributed by atoms with Gasteiger partial charge in [-0.15, -0.1) is 0 Å². The molecule has 0 radical (unpaired) electrons. The molecule has 32 heavy (non-hydrogen) atoms. The number of fused-ring (bicyclic) bond motifs is 1. The third kappa shape index (κ3) is 4.04. The van der Waals surface area contributed by atoms with Crippen molar-refractivity contribution in [3.05, 3.63) is 64.9 Å². The summed E-state index contributed by atoms with van der Waals surface area (Å²) in [6, 6.07) is 4.30. The standard InChI is InChI=1S/C20H16F2N4O5S/c1-3-32(28,29)25-20-23-9-16(31-15-5-4-11(21)8-14(15)22)17(24-20)13-10-26(2)19(27)18-12(13)6-7-30-18/h4-10H,3H2,1-2H3,(H,23,24,25). The van der Waals surface area contributed by atoms with E-state index < -0.39 is 27.2 Å². The Morgan fingerprint density at radius 1 is 1.22 bits per heavy atom. The van der Waals surface area contributed by atoms with E-state index in [9.17, 15) is 22.0 Å². The summed E-state index contributed by atoms with van der Waals surface area (Å²) in [5, 5.41) is 0.375. The molecule has 0 aliphatic rings. The van der Waals surface area contributed by atoms with Gasteiger partial charge in [0.2, 0.25) is 16.0 Å². The molecule has 0 fully saturated rings. The average molecular weight is 462 g/mol. The Morgan fingerprint density at radius 3 is 2.72 bits per heavy atom. The minimum Gasteiger partial charge on any atom is -0.458 e. The summed E-state index contributed by atoms with van der Waals surface area (Å²) in [7, 11) is -2.20. The van der Waals surface area contributed by atoms with E-state index in [0.29, 0.717) is 17.0 Å². The van der Waals surface area contributed by atoms with Crippen molar-refractivity contribution in [3.8, 4) is 22.8 Å². The van der Waals surface area contributed by atoms with E-state index in [4.69, 9.17) is 9.15 Å². The number of rotatable bonds is 6. The molecule has 0 atom stereocenters. The first kappa shape index (κ1) is 21.4. The summed E-state index contributed by atoms with van der Waals surface area (Å²) in [4.78, 5) is 20.5. The van der Waals surface area contributed by atoms with Gasteiger partial charge in [-0.3, -0.25) is 9.52 Å². The molecular weight excluding hydrogens is 446 g/mol. The minimum absolute atomic E-state index is 0.0400. The van der Waals surface area contributed by atoms with Crippen molar-refractivity contribution in [2.24, 2.45) is 7.05 Å². The number of hydrogen-bond acceptors (Lipinski definition) is 7. The van der Waals surface area contributed by atoms with E-state index >= 15 is 0 Å². The van der Waals surface area contributed by atoms with Crippen LogP contribution >= 0.6 is 0 Å². The number of aryl methyl sites for hydroxylation is 1. The lowest BCUT2D eigenvalue weighted by Crippen LogP contribution is -2.18. The van der Waals surface area contributed by atoms with Crippen molar-refractivity contribution < 1.29 is 26.4 Å². The van der Waals surface area contributed by atoms with E-state index in [1.54, 1.807) is 0 Å².